The molecule has 0 aliphatic carbocycles. The molecule has 1 aromatic rings. The number of hydrogen-bond donors (Lipinski definition) is 3. The largest absolute Gasteiger partial charge is 0.486 e. The Balaban J connectivity index is 2.63. The summed E-state index contributed by atoms with van der Waals surface area (Å²) in [5.41, 5.74) is 5.95. The normalized spacial score (nSPS) is 9.31. The second-order valence-corrected chi connectivity index (χ2v) is 3.51. The van der Waals surface area contributed by atoms with Crippen molar-refractivity contribution in [3.63, 3.8) is 0 Å². The van der Waals surface area contributed by atoms with E-state index in [0.29, 0.717) is 11.4 Å². The van der Waals surface area contributed by atoms with Crippen molar-refractivity contribution in [2.75, 3.05) is 19.0 Å². The molecule has 0 bridgehead atoms. The highest BCUT2D eigenvalue weighted by Gasteiger charge is 2.00. The number of amides is 2. The van der Waals surface area contributed by atoms with Gasteiger partial charge in [-0.3, -0.25) is 0 Å². The van der Waals surface area contributed by atoms with Gasteiger partial charge in [0.05, 0.1) is 0 Å². The molecule has 1 aromatic carbocycles. The number of rotatable bonds is 4. The van der Waals surface area contributed by atoms with E-state index in [4.69, 9.17) is 10.5 Å². The van der Waals surface area contributed by atoms with Crippen molar-refractivity contribution < 1.29 is 9.53 Å². The van der Waals surface area contributed by atoms with Gasteiger partial charge in [0.2, 0.25) is 0 Å². The summed E-state index contributed by atoms with van der Waals surface area (Å²) in [6.45, 7) is 0.179. The van der Waals surface area contributed by atoms with Crippen molar-refractivity contribution >= 4 is 28.9 Å². The smallest absolute Gasteiger partial charge is 0.318 e. The van der Waals surface area contributed by atoms with Crippen molar-refractivity contribution in [3.8, 4) is 5.75 Å². The Morgan fingerprint density at radius 3 is 2.94 bits per heavy atom. The predicted molar refractivity (Wildman–Crippen MR) is 66.8 cm³/mol. The van der Waals surface area contributed by atoms with E-state index in [2.05, 4.69) is 22.9 Å². The van der Waals surface area contributed by atoms with Crippen molar-refractivity contribution in [2.45, 2.75) is 0 Å². The molecule has 0 heterocycles. The van der Waals surface area contributed by atoms with E-state index < -0.39 is 0 Å². The third-order valence-electron chi connectivity index (χ3n) is 1.70. The first kappa shape index (κ1) is 12.3. The maximum atomic E-state index is 11.1. The minimum atomic E-state index is -0.286. The number of hydrogen-bond acceptors (Lipinski definition) is 3. The minimum Gasteiger partial charge on any atom is -0.486 e. The van der Waals surface area contributed by atoms with Gasteiger partial charge in [0.15, 0.2) is 0 Å². The van der Waals surface area contributed by atoms with E-state index >= 15 is 0 Å². The van der Waals surface area contributed by atoms with Gasteiger partial charge in [0.25, 0.3) is 0 Å². The van der Waals surface area contributed by atoms with Gasteiger partial charge < -0.3 is 21.1 Å². The van der Waals surface area contributed by atoms with E-state index in [0.717, 1.165) is 0 Å². The quantitative estimate of drug-likeness (QED) is 0.688. The van der Waals surface area contributed by atoms with Gasteiger partial charge in [-0.15, -0.1) is 0 Å². The molecule has 2 amide bonds. The summed E-state index contributed by atoms with van der Waals surface area (Å²) in [5.74, 6) is 0.599. The molecule has 0 aliphatic heterocycles. The van der Waals surface area contributed by atoms with E-state index in [-0.39, 0.29) is 17.6 Å². The lowest BCUT2D eigenvalue weighted by Gasteiger charge is -2.08. The second kappa shape index (κ2) is 5.92. The molecule has 0 unspecified atom stereocenters. The minimum absolute atomic E-state index is 0.179. The van der Waals surface area contributed by atoms with Crippen LogP contribution in [0.5, 0.6) is 5.75 Å². The second-order valence-electron chi connectivity index (χ2n) is 2.99. The summed E-state index contributed by atoms with van der Waals surface area (Å²) in [6, 6.07) is 6.68. The topological polar surface area (TPSA) is 76.4 Å². The molecule has 0 fully saturated rings. The van der Waals surface area contributed by atoms with Crippen LogP contribution in [0.15, 0.2) is 24.3 Å². The molecule has 5 nitrogen and oxygen atoms in total. The molecule has 0 aliphatic rings. The van der Waals surface area contributed by atoms with Gasteiger partial charge >= 0.3 is 6.03 Å². The molecule has 86 valence electrons. The maximum absolute atomic E-state index is 11.1. The lowest BCUT2D eigenvalue weighted by molar-refractivity contribution is 0.254. The van der Waals surface area contributed by atoms with Crippen LogP contribution in [0.1, 0.15) is 0 Å². The third-order valence-corrected chi connectivity index (χ3v) is 1.82. The van der Waals surface area contributed by atoms with Crippen LogP contribution in [0, 0.1) is 0 Å². The average Bonchev–Trinajstić information content (AvgIpc) is 2.26. The number of nitrogens with one attached hydrogen (secondary N) is 2. The molecule has 1 rings (SSSR count). The maximum Gasteiger partial charge on any atom is 0.318 e. The summed E-state index contributed by atoms with van der Waals surface area (Å²) < 4.78 is 5.29. The van der Waals surface area contributed by atoms with Crippen LogP contribution in [-0.2, 0) is 0 Å². The average molecular weight is 239 g/mol. The highest BCUT2D eigenvalue weighted by atomic mass is 32.1. The summed E-state index contributed by atoms with van der Waals surface area (Å²) in [7, 11) is 1.54. The van der Waals surface area contributed by atoms with Gasteiger partial charge in [0, 0.05) is 18.8 Å². The number of carbonyl (C=O) groups is 1. The fraction of sp³-hybridized carbons (Fsp3) is 0.200. The standard InChI is InChI=1S/C10H13N3O2S/c1-12-10(14)13-7-3-2-4-8(5-7)15-6-9(11)16/h2-5H,6H2,1H3,(H2,11,16)(H2,12,13,14). The number of nitrogens with two attached hydrogens (primary N) is 1. The van der Waals surface area contributed by atoms with Crippen LogP contribution in [0.3, 0.4) is 0 Å². The molecule has 0 aromatic heterocycles. The SMILES string of the molecule is CNC(=O)Nc1cccc(OCC(N)=S)c1. The number of thiocarbonyl (C=S) groups is 1. The number of carbonyl (C=O) groups excluding carboxylic acids is 1. The van der Waals surface area contributed by atoms with E-state index in [1.165, 1.54) is 0 Å². The molecule has 6 heteroatoms. The lowest BCUT2D eigenvalue weighted by Crippen LogP contribution is -2.24. The van der Waals surface area contributed by atoms with Crippen LogP contribution >= 0.6 is 12.2 Å². The number of benzene rings is 1. The highest BCUT2D eigenvalue weighted by Crippen LogP contribution is 2.16. The van der Waals surface area contributed by atoms with Gasteiger partial charge in [-0.05, 0) is 12.1 Å². The first-order chi connectivity index (χ1) is 7.61. The van der Waals surface area contributed by atoms with Gasteiger partial charge in [-0.25, -0.2) is 4.79 Å². The first-order valence-electron chi connectivity index (χ1n) is 4.61. The number of urea groups is 1. The van der Waals surface area contributed by atoms with Gasteiger partial charge in [-0.1, -0.05) is 18.3 Å². The van der Waals surface area contributed by atoms with Crippen molar-refractivity contribution in [1.82, 2.24) is 5.32 Å². The highest BCUT2D eigenvalue weighted by molar-refractivity contribution is 7.80. The van der Waals surface area contributed by atoms with Crippen molar-refractivity contribution in [2.24, 2.45) is 5.73 Å². The summed E-state index contributed by atoms with van der Waals surface area (Å²) in [5, 5.41) is 5.08. The molecular formula is C10H13N3O2S. The zero-order chi connectivity index (χ0) is 12.0. The Morgan fingerprint density at radius 2 is 2.31 bits per heavy atom. The predicted octanol–water partition coefficient (Wildman–Crippen LogP) is 1.10. The van der Waals surface area contributed by atoms with E-state index in [9.17, 15) is 4.79 Å². The summed E-state index contributed by atoms with van der Waals surface area (Å²) >= 11 is 4.69. The van der Waals surface area contributed by atoms with Crippen LogP contribution in [0.25, 0.3) is 0 Å². The Hall–Kier alpha value is -1.82. The van der Waals surface area contributed by atoms with E-state index in [1.54, 1.807) is 31.3 Å². The van der Waals surface area contributed by atoms with Crippen molar-refractivity contribution in [1.29, 1.82) is 0 Å². The molecule has 0 saturated heterocycles. The molecule has 0 spiro atoms. The fourth-order valence-corrected chi connectivity index (χ4v) is 1.07. The molecule has 4 N–H and O–H groups in total. The van der Waals surface area contributed by atoms with Gasteiger partial charge in [0.1, 0.15) is 17.3 Å². The van der Waals surface area contributed by atoms with Crippen LogP contribution in [0.2, 0.25) is 0 Å². The Morgan fingerprint density at radius 1 is 1.56 bits per heavy atom. The fourth-order valence-electron chi connectivity index (χ4n) is 1.01. The number of ether oxygens (including phenoxy) is 1. The molecule has 16 heavy (non-hydrogen) atoms. The molecular weight excluding hydrogens is 226 g/mol. The number of anilines is 1. The molecule has 0 radical (unpaired) electrons. The van der Waals surface area contributed by atoms with E-state index in [1.807, 2.05) is 0 Å². The van der Waals surface area contributed by atoms with Crippen molar-refractivity contribution in [3.05, 3.63) is 24.3 Å². The zero-order valence-electron chi connectivity index (χ0n) is 8.82. The third kappa shape index (κ3) is 4.14. The Labute approximate surface area is 99.0 Å². The van der Waals surface area contributed by atoms with Crippen LogP contribution in [0.4, 0.5) is 10.5 Å². The first-order valence-corrected chi connectivity index (χ1v) is 5.02. The zero-order valence-corrected chi connectivity index (χ0v) is 9.64. The summed E-state index contributed by atoms with van der Waals surface area (Å²) in [4.78, 5) is 11.3. The Kier molecular flexibility index (Phi) is 4.53. The van der Waals surface area contributed by atoms with Gasteiger partial charge in [-0.2, -0.15) is 0 Å². The molecule has 0 atom stereocenters. The molecule has 0 saturated carbocycles. The monoisotopic (exact) mass is 239 g/mol. The summed E-state index contributed by atoms with van der Waals surface area (Å²) in [6.07, 6.45) is 0. The lowest BCUT2D eigenvalue weighted by atomic mass is 10.3. The van der Waals surface area contributed by atoms with Crippen LogP contribution < -0.4 is 21.1 Å². The Bertz CT molecular complexity index is 395. The van der Waals surface area contributed by atoms with Crippen LogP contribution in [-0.4, -0.2) is 24.7 Å².